The number of rotatable bonds is 16. The summed E-state index contributed by atoms with van der Waals surface area (Å²) in [4.78, 5) is 67.0. The first-order chi connectivity index (χ1) is 18.0. The lowest BCUT2D eigenvalue weighted by atomic mass is 10.0. The maximum absolute atomic E-state index is 12.4. The second-order valence-electron chi connectivity index (χ2n) is 7.33. The van der Waals surface area contributed by atoms with Gasteiger partial charge in [-0.15, -0.1) is 5.26 Å². The third-order valence-corrected chi connectivity index (χ3v) is 4.87. The van der Waals surface area contributed by atoms with E-state index in [-0.39, 0.29) is 12.8 Å². The fourth-order valence-corrected chi connectivity index (χ4v) is 3.08. The summed E-state index contributed by atoms with van der Waals surface area (Å²) >= 11 is 0. The zero-order valence-corrected chi connectivity index (χ0v) is 19.4. The van der Waals surface area contributed by atoms with Gasteiger partial charge < -0.3 is 14.2 Å². The molecule has 188 valence electrons. The Morgan fingerprint density at radius 2 is 1.24 bits per heavy atom. The summed E-state index contributed by atoms with van der Waals surface area (Å²) in [7, 11) is 0. The van der Waals surface area contributed by atoms with E-state index in [1.54, 1.807) is 42.7 Å². The van der Waals surface area contributed by atoms with Crippen LogP contribution in [0.15, 0.2) is 63.5 Å². The van der Waals surface area contributed by atoms with Gasteiger partial charge in [0, 0.05) is 12.8 Å². The third-order valence-electron chi connectivity index (χ3n) is 4.87. The molecule has 0 N–H and O–H groups in total. The first-order valence-electron chi connectivity index (χ1n) is 10.7. The summed E-state index contributed by atoms with van der Waals surface area (Å²) in [6, 6.07) is 10.6. The fourth-order valence-electron chi connectivity index (χ4n) is 3.08. The van der Waals surface area contributed by atoms with Crippen LogP contribution in [0.3, 0.4) is 0 Å². The van der Waals surface area contributed by atoms with E-state index >= 15 is 0 Å². The van der Waals surface area contributed by atoms with Crippen LogP contribution in [0.25, 0.3) is 0 Å². The van der Waals surface area contributed by atoms with E-state index in [1.165, 1.54) is 30.4 Å². The SMILES string of the molecule is N#COc1ccc(CC(N=C=O)C(=O)COCOCC(=O)C(Cc2ccc(N=C=O)cc2)N=C=O)cc1. The van der Waals surface area contributed by atoms with Crippen LogP contribution < -0.4 is 4.74 Å². The van der Waals surface area contributed by atoms with Crippen molar-refractivity contribution in [2.24, 2.45) is 15.0 Å². The highest BCUT2D eigenvalue weighted by atomic mass is 16.7. The Morgan fingerprint density at radius 1 is 0.757 bits per heavy atom. The molecule has 0 aromatic heterocycles. The first-order valence-corrected chi connectivity index (χ1v) is 10.7. The maximum Gasteiger partial charge on any atom is 0.292 e. The Kier molecular flexibility index (Phi) is 12.2. The molecule has 37 heavy (non-hydrogen) atoms. The van der Waals surface area contributed by atoms with Crippen molar-refractivity contribution in [1.29, 1.82) is 5.26 Å². The molecule has 2 atom stereocenters. The van der Waals surface area contributed by atoms with Crippen LogP contribution in [0, 0.1) is 11.5 Å². The highest BCUT2D eigenvalue weighted by molar-refractivity contribution is 5.87. The molecule has 0 aliphatic heterocycles. The monoisotopic (exact) mass is 504 g/mol. The molecule has 2 rings (SSSR count). The Hall–Kier alpha value is -4.87. The van der Waals surface area contributed by atoms with Crippen LogP contribution in [0.4, 0.5) is 5.69 Å². The van der Waals surface area contributed by atoms with E-state index < -0.39 is 43.7 Å². The molecule has 12 heteroatoms. The van der Waals surface area contributed by atoms with Gasteiger partial charge in [0.1, 0.15) is 37.8 Å². The van der Waals surface area contributed by atoms with Crippen molar-refractivity contribution in [3.63, 3.8) is 0 Å². The number of ether oxygens (including phenoxy) is 3. The molecule has 0 bridgehead atoms. The summed E-state index contributed by atoms with van der Waals surface area (Å²) in [5.74, 6) is -0.701. The van der Waals surface area contributed by atoms with Crippen molar-refractivity contribution in [3.8, 4) is 12.0 Å². The number of Topliss-reactive ketones (excluding diaryl/α,β-unsaturated/α-hetero) is 2. The molecule has 0 fully saturated rings. The number of aliphatic imine (C=N–C) groups is 3. The molecule has 2 aromatic rings. The highest BCUT2D eigenvalue weighted by Crippen LogP contribution is 2.16. The van der Waals surface area contributed by atoms with Crippen molar-refractivity contribution in [1.82, 2.24) is 0 Å². The smallest absolute Gasteiger partial charge is 0.292 e. The van der Waals surface area contributed by atoms with E-state index in [9.17, 15) is 24.0 Å². The molecule has 2 unspecified atom stereocenters. The molecule has 0 saturated carbocycles. The molecule has 0 saturated heterocycles. The molecule has 0 aliphatic carbocycles. The minimum Gasteiger partial charge on any atom is -0.388 e. The summed E-state index contributed by atoms with van der Waals surface area (Å²) in [6.45, 7) is -1.29. The van der Waals surface area contributed by atoms with Gasteiger partial charge >= 0.3 is 0 Å². The van der Waals surface area contributed by atoms with Crippen molar-refractivity contribution in [2.45, 2.75) is 24.9 Å². The van der Waals surface area contributed by atoms with E-state index in [2.05, 4.69) is 19.7 Å². The molecule has 0 amide bonds. The highest BCUT2D eigenvalue weighted by Gasteiger charge is 2.20. The third kappa shape index (κ3) is 10.1. The zero-order chi connectivity index (χ0) is 26.9. The standard InChI is InChI=1S/C25H20N4O8/c26-13-37-21-7-3-19(4-8-21)10-23(29-16-32)25(34)12-36-17-35-11-24(33)22(28-15-31)9-18-1-5-20(6-2-18)27-14-30/h1-8,22-23H,9-12,17H2. The predicted octanol–water partition coefficient (Wildman–Crippen LogP) is 1.84. The average molecular weight is 504 g/mol. The normalized spacial score (nSPS) is 11.4. The van der Waals surface area contributed by atoms with Gasteiger partial charge in [-0.1, -0.05) is 24.3 Å². The Morgan fingerprint density at radius 3 is 1.68 bits per heavy atom. The number of ketones is 2. The molecule has 2 aromatic carbocycles. The summed E-state index contributed by atoms with van der Waals surface area (Å²) in [5.41, 5.74) is 1.72. The molecule has 0 spiro atoms. The largest absolute Gasteiger partial charge is 0.388 e. The topological polar surface area (TPSA) is 174 Å². The van der Waals surface area contributed by atoms with Crippen LogP contribution in [0.1, 0.15) is 11.1 Å². The Balaban J connectivity index is 1.81. The van der Waals surface area contributed by atoms with Gasteiger partial charge in [0.05, 0.1) is 5.69 Å². The number of isocyanates is 3. The van der Waals surface area contributed by atoms with Gasteiger partial charge in [0.2, 0.25) is 18.2 Å². The number of hydrogen-bond donors (Lipinski definition) is 0. The predicted molar refractivity (Wildman–Crippen MR) is 125 cm³/mol. The van der Waals surface area contributed by atoms with Crippen LogP contribution in [0.2, 0.25) is 0 Å². The number of hydrogen-bond acceptors (Lipinski definition) is 12. The van der Waals surface area contributed by atoms with Crippen molar-refractivity contribution >= 4 is 35.5 Å². The lowest BCUT2D eigenvalue weighted by Gasteiger charge is -2.12. The van der Waals surface area contributed by atoms with Crippen LogP contribution in [-0.4, -0.2) is 61.9 Å². The molecular weight excluding hydrogens is 484 g/mol. The van der Waals surface area contributed by atoms with E-state index in [4.69, 9.17) is 14.7 Å². The molecule has 0 radical (unpaired) electrons. The minimum absolute atomic E-state index is 0.0941. The second kappa shape index (κ2) is 15.9. The zero-order valence-electron chi connectivity index (χ0n) is 19.4. The number of benzene rings is 2. The second-order valence-corrected chi connectivity index (χ2v) is 7.33. The van der Waals surface area contributed by atoms with E-state index in [1.807, 2.05) is 0 Å². The summed E-state index contributed by atoms with van der Waals surface area (Å²) < 4.78 is 15.0. The van der Waals surface area contributed by atoms with Crippen LogP contribution in [0.5, 0.6) is 5.75 Å². The first kappa shape index (κ1) is 28.4. The molecular formula is C25H20N4O8. The lowest BCUT2D eigenvalue weighted by molar-refractivity contribution is -0.136. The minimum atomic E-state index is -1.05. The molecule has 0 aliphatic rings. The number of nitriles is 1. The fraction of sp³-hybridized carbons (Fsp3) is 0.280. The average Bonchev–Trinajstić information content (AvgIpc) is 2.90. The maximum atomic E-state index is 12.4. The van der Waals surface area contributed by atoms with Gasteiger partial charge in [-0.05, 0) is 35.4 Å². The number of carbonyl (C=O) groups is 2. The summed E-state index contributed by atoms with van der Waals surface area (Å²) in [6.07, 6.45) is 5.87. The molecule has 0 heterocycles. The van der Waals surface area contributed by atoms with E-state index in [0.29, 0.717) is 22.6 Å². The van der Waals surface area contributed by atoms with Crippen molar-refractivity contribution in [2.75, 3.05) is 20.0 Å². The quantitative estimate of drug-likeness (QED) is 0.109. The van der Waals surface area contributed by atoms with Crippen LogP contribution in [-0.2, 0) is 46.3 Å². The van der Waals surface area contributed by atoms with Gasteiger partial charge in [-0.25, -0.2) is 14.4 Å². The number of carbonyl (C=O) groups excluding carboxylic acids is 5. The lowest BCUT2D eigenvalue weighted by Crippen LogP contribution is -2.28. The Labute approximate surface area is 210 Å². The van der Waals surface area contributed by atoms with Crippen molar-refractivity contribution in [3.05, 3.63) is 59.7 Å². The number of nitrogens with zero attached hydrogens (tertiary/aromatic N) is 4. The Bertz CT molecular complexity index is 1250. The van der Waals surface area contributed by atoms with Crippen molar-refractivity contribution < 1.29 is 38.2 Å². The van der Waals surface area contributed by atoms with Gasteiger partial charge in [-0.2, -0.15) is 15.0 Å². The molecule has 12 nitrogen and oxygen atoms in total. The van der Waals surface area contributed by atoms with E-state index in [0.717, 1.165) is 0 Å². The van der Waals surface area contributed by atoms with Gasteiger partial charge in [0.15, 0.2) is 11.6 Å². The van der Waals surface area contributed by atoms with Crippen LogP contribution >= 0.6 is 0 Å². The summed E-state index contributed by atoms with van der Waals surface area (Å²) in [5, 5.41) is 8.51. The van der Waals surface area contributed by atoms with Gasteiger partial charge in [-0.3, -0.25) is 9.59 Å². The van der Waals surface area contributed by atoms with Gasteiger partial charge in [0.25, 0.3) is 6.26 Å².